The second-order valence-electron chi connectivity index (χ2n) is 14.0. The predicted octanol–water partition coefficient (Wildman–Crippen LogP) is 7.61. The van der Waals surface area contributed by atoms with Crippen LogP contribution >= 0.6 is 0 Å². The molecule has 388 valence electrons. The number of alkyl halides is 26. The monoisotopic (exact) mass is 1030 g/mol. The highest BCUT2D eigenvalue weighted by molar-refractivity contribution is 5.85. The van der Waals surface area contributed by atoms with Crippen LogP contribution in [0.5, 0.6) is 0 Å². The molecule has 0 aliphatic carbocycles. The first-order valence-corrected chi connectivity index (χ1v) is 16.5. The van der Waals surface area contributed by atoms with Crippen LogP contribution in [0.3, 0.4) is 0 Å². The van der Waals surface area contributed by atoms with Crippen LogP contribution in [-0.4, -0.2) is 162 Å². The number of rotatable bonds is 26. The Bertz CT molecular complexity index is 1460. The number of ether oxygens (including phenoxy) is 6. The number of hydrogen-bond acceptors (Lipinski definition) is 8. The Morgan fingerprint density at radius 3 is 0.831 bits per heavy atom. The molecule has 0 fully saturated rings. The van der Waals surface area contributed by atoms with E-state index in [2.05, 4.69) is 9.47 Å². The Labute approximate surface area is 345 Å². The van der Waals surface area contributed by atoms with E-state index >= 15 is 0 Å². The van der Waals surface area contributed by atoms with Gasteiger partial charge in [-0.2, -0.15) is 79.7 Å². The van der Waals surface area contributed by atoms with Crippen molar-refractivity contribution in [1.82, 2.24) is 10.6 Å². The van der Waals surface area contributed by atoms with Gasteiger partial charge in [-0.25, -0.2) is 9.47 Å². The summed E-state index contributed by atoms with van der Waals surface area (Å²) < 4.78 is 352. The average molecular weight is 1030 g/mol. The lowest BCUT2D eigenvalue weighted by Crippen LogP contribution is -2.62. The largest absolute Gasteiger partial charge is 0.529 e. The van der Waals surface area contributed by atoms with Gasteiger partial charge in [0, 0.05) is 32.4 Å². The Morgan fingerprint density at radius 2 is 0.600 bits per heavy atom. The Balaban J connectivity index is 5.39. The summed E-state index contributed by atoms with van der Waals surface area (Å²) in [6.07, 6.45) is -70.6. The maximum absolute atomic E-state index is 14.6. The molecule has 0 rings (SSSR count). The quantitative estimate of drug-likeness (QED) is 0.0395. The molecule has 0 bridgehead atoms. The van der Waals surface area contributed by atoms with E-state index in [1.807, 2.05) is 0 Å². The molecule has 65 heavy (non-hydrogen) atoms. The smallest absolute Gasteiger partial charge is 0.351 e. The van der Waals surface area contributed by atoms with E-state index in [0.29, 0.717) is 0 Å². The first-order chi connectivity index (χ1) is 28.2. The zero-order chi connectivity index (χ0) is 52.2. The van der Waals surface area contributed by atoms with Crippen LogP contribution in [0.4, 0.5) is 114 Å². The summed E-state index contributed by atoms with van der Waals surface area (Å²) >= 11 is 0. The second-order valence-corrected chi connectivity index (χ2v) is 14.0. The van der Waals surface area contributed by atoms with Crippen LogP contribution in [0.2, 0.25) is 0 Å². The summed E-state index contributed by atoms with van der Waals surface area (Å²) in [4.78, 5) is 23.8. The van der Waals surface area contributed by atoms with Crippen molar-refractivity contribution in [2.45, 2.75) is 93.1 Å². The lowest BCUT2D eigenvalue weighted by Gasteiger charge is -2.35. The van der Waals surface area contributed by atoms with Crippen LogP contribution in [-0.2, 0) is 38.0 Å². The van der Waals surface area contributed by atoms with Crippen molar-refractivity contribution in [2.24, 2.45) is 0 Å². The molecule has 38 heteroatoms. The average Bonchev–Trinajstić information content (AvgIpc) is 2.99. The van der Waals surface area contributed by atoms with Crippen molar-refractivity contribution in [3.63, 3.8) is 0 Å². The number of quaternary nitrogens is 2. The van der Waals surface area contributed by atoms with Gasteiger partial charge in [-0.15, -0.1) is 43.9 Å². The zero-order valence-corrected chi connectivity index (χ0v) is 32.4. The molecule has 2 N–H and O–H groups in total. The lowest BCUT2D eigenvalue weighted by molar-refractivity contribution is -0.909. The highest BCUT2D eigenvalue weighted by Crippen LogP contribution is 2.49. The van der Waals surface area contributed by atoms with E-state index in [1.165, 1.54) is 28.2 Å². The lowest BCUT2D eigenvalue weighted by atomic mass is 10.2. The maximum Gasteiger partial charge on any atom is 0.529 e. The van der Waals surface area contributed by atoms with Gasteiger partial charge in [0.15, 0.2) is 0 Å². The van der Waals surface area contributed by atoms with Gasteiger partial charge in [0.2, 0.25) is 0 Å². The van der Waals surface area contributed by atoms with Gasteiger partial charge in [0.25, 0.3) is 11.8 Å². The molecule has 0 heterocycles. The number of amides is 2. The molecule has 2 amide bonds. The number of nitrogens with zero attached hydrogens (tertiary/aromatic N) is 2. The van der Waals surface area contributed by atoms with Crippen molar-refractivity contribution < 1.29 is 161 Å². The topological polar surface area (TPSA) is 114 Å². The third-order valence-corrected chi connectivity index (χ3v) is 7.47. The summed E-state index contributed by atoms with van der Waals surface area (Å²) in [7, 11) is 5.54. The van der Waals surface area contributed by atoms with Crippen LogP contribution in [0.1, 0.15) is 19.3 Å². The Kier molecular flexibility index (Phi) is 19.2. The Morgan fingerprint density at radius 1 is 0.369 bits per heavy atom. The minimum atomic E-state index is -7.27. The first kappa shape index (κ1) is 61.8. The standard InChI is InChI=1S/C27H30F26N4O8/c1-56(2,10-5-8-54-14(58)16(28,18(30,31)32)60-20(36,37)22(40,41)62-26(50,51)64-24(44,45)46)12-7-13-57(3,4)11-6-9-55-15(59)17(29,19(33,34)35)61-21(38,39)23(42,43)63-27(52,53)65-25(47,48)49/h5-13H2,1-4H3/p+2. The molecular formula is C27H32F26N4O8+2. The molecular weight excluding hydrogens is 1000 g/mol. The van der Waals surface area contributed by atoms with E-state index in [9.17, 15) is 124 Å². The van der Waals surface area contributed by atoms with Crippen molar-refractivity contribution in [1.29, 1.82) is 0 Å². The normalized spacial score (nSPS) is 16.8. The minimum Gasteiger partial charge on any atom is -0.351 e. The van der Waals surface area contributed by atoms with Gasteiger partial charge in [-0.3, -0.25) is 19.1 Å². The van der Waals surface area contributed by atoms with E-state index in [1.54, 1.807) is 18.9 Å². The summed E-state index contributed by atoms with van der Waals surface area (Å²) in [6.45, 7) is -2.58. The van der Waals surface area contributed by atoms with Crippen molar-refractivity contribution in [3.05, 3.63) is 0 Å². The summed E-state index contributed by atoms with van der Waals surface area (Å²) in [5.74, 6) is -19.6. The molecule has 0 aliphatic rings. The molecule has 0 aromatic carbocycles. The maximum atomic E-state index is 14.6. The van der Waals surface area contributed by atoms with Crippen LogP contribution < -0.4 is 10.6 Å². The molecule has 0 aromatic rings. The zero-order valence-electron chi connectivity index (χ0n) is 32.4. The molecule has 2 atom stereocenters. The van der Waals surface area contributed by atoms with Crippen molar-refractivity contribution in [2.75, 3.05) is 67.5 Å². The highest BCUT2D eigenvalue weighted by atomic mass is 19.4. The van der Waals surface area contributed by atoms with E-state index < -0.39 is 112 Å². The number of carbonyl (C=O) groups is 2. The first-order valence-electron chi connectivity index (χ1n) is 16.5. The molecule has 0 saturated heterocycles. The van der Waals surface area contributed by atoms with Crippen LogP contribution in [0.25, 0.3) is 0 Å². The van der Waals surface area contributed by atoms with Crippen molar-refractivity contribution in [3.8, 4) is 0 Å². The fourth-order valence-electron chi connectivity index (χ4n) is 4.46. The summed E-state index contributed by atoms with van der Waals surface area (Å²) in [5.41, 5.74) is 0. The number of nitrogens with one attached hydrogen (secondary N) is 2. The number of halogens is 26. The van der Waals surface area contributed by atoms with Crippen LogP contribution in [0.15, 0.2) is 0 Å². The molecule has 0 aromatic heterocycles. The SMILES string of the molecule is C[N+](C)(CCCNC(=O)C(F)(OC(F)(F)C(F)(F)OC(F)(F)OC(F)(F)F)C(F)(F)F)CCC[N+](C)(C)CCCNC(=O)C(F)(OC(F)(F)C(F)(F)OC(F)(F)OC(F)(F)F)C(F)(F)F. The van der Waals surface area contributed by atoms with Crippen molar-refractivity contribution >= 4 is 11.8 Å². The summed E-state index contributed by atoms with van der Waals surface area (Å²) in [6, 6.07) is 0. The van der Waals surface area contributed by atoms with Gasteiger partial charge in [0.1, 0.15) is 0 Å². The third-order valence-electron chi connectivity index (χ3n) is 7.47. The fraction of sp³-hybridized carbons (Fsp3) is 0.926. The second kappa shape index (κ2) is 20.2. The number of hydrogen-bond donors (Lipinski definition) is 2. The van der Waals surface area contributed by atoms with Crippen LogP contribution in [0, 0.1) is 0 Å². The molecule has 2 unspecified atom stereocenters. The minimum absolute atomic E-state index is 0.0409. The molecule has 12 nitrogen and oxygen atoms in total. The van der Waals surface area contributed by atoms with Gasteiger partial charge in [0.05, 0.1) is 54.4 Å². The molecule has 0 radical (unpaired) electrons. The number of carbonyl (C=O) groups excluding carboxylic acids is 2. The van der Waals surface area contributed by atoms with Gasteiger partial charge < -0.3 is 19.6 Å². The molecule has 0 aliphatic heterocycles. The van der Waals surface area contributed by atoms with Gasteiger partial charge in [-0.1, -0.05) is 0 Å². The highest BCUT2D eigenvalue weighted by Gasteiger charge is 2.76. The fourth-order valence-corrected chi connectivity index (χ4v) is 4.46. The molecule has 0 spiro atoms. The van der Waals surface area contributed by atoms with E-state index in [-0.39, 0.29) is 41.6 Å². The Hall–Kier alpha value is -3.20. The van der Waals surface area contributed by atoms with E-state index in [0.717, 1.165) is 10.6 Å². The summed E-state index contributed by atoms with van der Waals surface area (Å²) in [5, 5.41) is 2.09. The van der Waals surface area contributed by atoms with Gasteiger partial charge in [-0.05, 0) is 0 Å². The third kappa shape index (κ3) is 19.1. The molecule has 0 saturated carbocycles. The predicted molar refractivity (Wildman–Crippen MR) is 152 cm³/mol. The van der Waals surface area contributed by atoms with E-state index in [4.69, 9.17) is 0 Å². The van der Waals surface area contributed by atoms with Gasteiger partial charge >= 0.3 is 73.8 Å².